The third-order valence-corrected chi connectivity index (χ3v) is 11.6. The summed E-state index contributed by atoms with van der Waals surface area (Å²) in [6, 6.07) is 21.8. The summed E-state index contributed by atoms with van der Waals surface area (Å²) in [5.41, 5.74) is 4.72. The predicted octanol–water partition coefficient (Wildman–Crippen LogP) is 6.39. The molecule has 0 saturated heterocycles. The van der Waals surface area contributed by atoms with E-state index in [-0.39, 0.29) is 42.9 Å². The zero-order chi connectivity index (χ0) is 33.7. The fourth-order valence-corrected chi connectivity index (χ4v) is 8.54. The van der Waals surface area contributed by atoms with Gasteiger partial charge in [-0.2, -0.15) is 15.6 Å². The number of ether oxygens (including phenoxy) is 3. The third kappa shape index (κ3) is 7.78. The third-order valence-electron chi connectivity index (χ3n) is 7.88. The average molecular weight is 706 g/mol. The summed E-state index contributed by atoms with van der Waals surface area (Å²) in [7, 11) is -2.40. The van der Waals surface area contributed by atoms with Gasteiger partial charge in [-0.3, -0.25) is 4.79 Å². The number of sulfonamides is 1. The number of carbonyl (C=O) groups is 1. The lowest BCUT2D eigenvalue weighted by atomic mass is 9.95. The fourth-order valence-electron chi connectivity index (χ4n) is 5.33. The second-order valence-corrected chi connectivity index (χ2v) is 14.9. The Hall–Kier alpha value is -4.11. The Bertz CT molecular complexity index is 1990. The van der Waals surface area contributed by atoms with Gasteiger partial charge in [0.1, 0.15) is 10.8 Å². The van der Waals surface area contributed by atoms with Gasteiger partial charge >= 0.3 is 0 Å². The number of hydrogen-bond acceptors (Lipinski definition) is 10. The molecule has 5 aromatic rings. The van der Waals surface area contributed by atoms with Crippen LogP contribution in [-0.2, 0) is 24.3 Å². The fraction of sp³-hybridized carbons (Fsp3) is 0.257. The van der Waals surface area contributed by atoms with Gasteiger partial charge in [-0.15, -0.1) is 11.3 Å². The summed E-state index contributed by atoms with van der Waals surface area (Å²) in [5.74, 6) is 0.0873. The number of aryl methyl sites for hydroxylation is 1. The first-order valence-corrected chi connectivity index (χ1v) is 18.5. The van der Waals surface area contributed by atoms with E-state index < -0.39 is 22.2 Å². The quantitative estimate of drug-likeness (QED) is 0.144. The van der Waals surface area contributed by atoms with Gasteiger partial charge in [-0.1, -0.05) is 6.07 Å². The molecule has 0 saturated carbocycles. The minimum atomic E-state index is -3.91. The zero-order valence-electron chi connectivity index (χ0n) is 26.4. The molecule has 0 radical (unpaired) electrons. The predicted molar refractivity (Wildman–Crippen MR) is 188 cm³/mol. The van der Waals surface area contributed by atoms with Crippen LogP contribution in [0.5, 0.6) is 5.75 Å². The van der Waals surface area contributed by atoms with Gasteiger partial charge in [0.2, 0.25) is 16.3 Å². The Kier molecular flexibility index (Phi) is 10.5. The van der Waals surface area contributed by atoms with E-state index in [1.807, 2.05) is 53.2 Å². The van der Waals surface area contributed by atoms with Crippen molar-refractivity contribution < 1.29 is 32.5 Å². The number of nitrogens with one attached hydrogen (secondary N) is 1. The van der Waals surface area contributed by atoms with Gasteiger partial charge in [0.05, 0.1) is 35.4 Å². The number of allylic oxidation sites excluding steroid dienone is 1. The first kappa shape index (κ1) is 33.8. The molecule has 3 heterocycles. The Labute approximate surface area is 287 Å². The number of thiophene rings is 1. The van der Waals surface area contributed by atoms with E-state index in [1.54, 1.807) is 40.9 Å². The first-order chi connectivity index (χ1) is 23.2. The second kappa shape index (κ2) is 15.0. The molecule has 1 amide bonds. The Morgan fingerprint density at radius 1 is 1.08 bits per heavy atom. The number of aliphatic hydroxyl groups is 1. The monoisotopic (exact) mass is 705 g/mol. The van der Waals surface area contributed by atoms with Crippen molar-refractivity contribution in [2.75, 3.05) is 38.7 Å². The molecular weight excluding hydrogens is 671 g/mol. The van der Waals surface area contributed by atoms with E-state index in [0.717, 1.165) is 30.7 Å². The molecule has 1 aliphatic rings. The van der Waals surface area contributed by atoms with Gasteiger partial charge in [-0.25, -0.2) is 13.4 Å². The van der Waals surface area contributed by atoms with Crippen LogP contribution in [0.15, 0.2) is 100 Å². The number of hydrogen-bond donors (Lipinski definition) is 2. The standard InChI is InChI=1S/C35H35N3O7S3/c1-23-3-12-30-32(19-23)47-35(37-30)24-4-6-27(7-5-24)36-34(40)31-20-26(25-13-18-46-22-25)21-33(45-31)44-17-15-38(14-16-39)48(41,42)29-10-8-28(43-2)9-11-29/h3-13,18-20,22,26,33,39H,14-17,21H2,1-2H3,(H,36,40). The Morgan fingerprint density at radius 3 is 2.58 bits per heavy atom. The minimum absolute atomic E-state index is 0.0158. The molecule has 0 aliphatic carbocycles. The van der Waals surface area contributed by atoms with E-state index >= 15 is 0 Å². The van der Waals surface area contributed by atoms with Crippen molar-refractivity contribution in [1.82, 2.24) is 9.29 Å². The highest BCUT2D eigenvalue weighted by Crippen LogP contribution is 2.34. The second-order valence-electron chi connectivity index (χ2n) is 11.2. The molecule has 3 aromatic carbocycles. The summed E-state index contributed by atoms with van der Waals surface area (Å²) in [6.45, 7) is 1.56. The maximum absolute atomic E-state index is 13.4. The van der Waals surface area contributed by atoms with Crippen LogP contribution in [-0.4, -0.2) is 68.4 Å². The van der Waals surface area contributed by atoms with Crippen LogP contribution in [0.4, 0.5) is 5.69 Å². The van der Waals surface area contributed by atoms with Crippen molar-refractivity contribution in [3.8, 4) is 16.3 Å². The van der Waals surface area contributed by atoms with E-state index in [0.29, 0.717) is 17.9 Å². The molecule has 6 rings (SSSR count). The summed E-state index contributed by atoms with van der Waals surface area (Å²) in [4.78, 5) is 18.3. The van der Waals surface area contributed by atoms with Crippen LogP contribution < -0.4 is 10.1 Å². The van der Waals surface area contributed by atoms with Crippen molar-refractivity contribution in [3.05, 3.63) is 107 Å². The minimum Gasteiger partial charge on any atom is -0.497 e. The number of fused-ring (bicyclic) bond motifs is 1. The number of benzene rings is 3. The van der Waals surface area contributed by atoms with Crippen LogP contribution in [0.3, 0.4) is 0 Å². The summed E-state index contributed by atoms with van der Waals surface area (Å²) in [5, 5.41) is 17.4. The maximum Gasteiger partial charge on any atom is 0.290 e. The topological polar surface area (TPSA) is 127 Å². The Morgan fingerprint density at radius 2 is 1.88 bits per heavy atom. The van der Waals surface area contributed by atoms with E-state index in [2.05, 4.69) is 18.3 Å². The van der Waals surface area contributed by atoms with Crippen molar-refractivity contribution in [1.29, 1.82) is 0 Å². The molecule has 250 valence electrons. The van der Waals surface area contributed by atoms with Crippen molar-refractivity contribution in [2.24, 2.45) is 0 Å². The van der Waals surface area contributed by atoms with E-state index in [4.69, 9.17) is 19.2 Å². The molecular formula is C35H35N3O7S3. The van der Waals surface area contributed by atoms with Crippen molar-refractivity contribution >= 4 is 54.5 Å². The van der Waals surface area contributed by atoms with Gasteiger partial charge < -0.3 is 24.6 Å². The van der Waals surface area contributed by atoms with Crippen LogP contribution in [0.25, 0.3) is 20.8 Å². The maximum atomic E-state index is 13.4. The van der Waals surface area contributed by atoms with Crippen LogP contribution in [0, 0.1) is 6.92 Å². The summed E-state index contributed by atoms with van der Waals surface area (Å²) < 4.78 is 46.1. The molecule has 10 nitrogen and oxygen atoms in total. The first-order valence-electron chi connectivity index (χ1n) is 15.3. The molecule has 2 aromatic heterocycles. The highest BCUT2D eigenvalue weighted by atomic mass is 32.2. The number of thiazole rings is 1. The van der Waals surface area contributed by atoms with Crippen LogP contribution in [0.1, 0.15) is 23.5 Å². The lowest BCUT2D eigenvalue weighted by Crippen LogP contribution is -2.37. The van der Waals surface area contributed by atoms with Crippen LogP contribution in [0.2, 0.25) is 0 Å². The highest BCUT2D eigenvalue weighted by Gasteiger charge is 2.30. The van der Waals surface area contributed by atoms with Crippen molar-refractivity contribution in [2.45, 2.75) is 30.4 Å². The number of methoxy groups -OCH3 is 1. The van der Waals surface area contributed by atoms with Gasteiger partial charge in [-0.05, 0) is 102 Å². The highest BCUT2D eigenvalue weighted by molar-refractivity contribution is 7.89. The normalized spacial score (nSPS) is 16.5. The smallest absolute Gasteiger partial charge is 0.290 e. The molecule has 0 bridgehead atoms. The number of aromatic nitrogens is 1. The molecule has 13 heteroatoms. The lowest BCUT2D eigenvalue weighted by Gasteiger charge is -2.30. The zero-order valence-corrected chi connectivity index (χ0v) is 28.8. The number of amides is 1. The molecule has 0 spiro atoms. The molecule has 2 atom stereocenters. The average Bonchev–Trinajstić information content (AvgIpc) is 3.79. The summed E-state index contributed by atoms with van der Waals surface area (Å²) >= 11 is 3.18. The molecule has 0 fully saturated rings. The number of carbonyl (C=O) groups excluding carboxylic acids is 1. The SMILES string of the molecule is COc1ccc(S(=O)(=O)N(CCO)CCOC2CC(c3ccsc3)C=C(C(=O)Nc3ccc(-c4nc5ccc(C)cc5s4)cc3)O2)cc1. The van der Waals surface area contributed by atoms with Crippen LogP contribution >= 0.6 is 22.7 Å². The Balaban J connectivity index is 1.12. The van der Waals surface area contributed by atoms with E-state index in [9.17, 15) is 18.3 Å². The molecule has 2 N–H and O–H groups in total. The van der Waals surface area contributed by atoms with Crippen molar-refractivity contribution in [3.63, 3.8) is 0 Å². The number of rotatable bonds is 13. The van der Waals surface area contributed by atoms with Gasteiger partial charge in [0.25, 0.3) is 5.91 Å². The molecule has 48 heavy (non-hydrogen) atoms. The number of anilines is 1. The number of aliphatic hydroxyl groups excluding tert-OH is 1. The summed E-state index contributed by atoms with van der Waals surface area (Å²) in [6.07, 6.45) is 1.43. The number of nitrogens with zero attached hydrogens (tertiary/aromatic N) is 2. The largest absolute Gasteiger partial charge is 0.497 e. The van der Waals surface area contributed by atoms with E-state index in [1.165, 1.54) is 24.8 Å². The lowest BCUT2D eigenvalue weighted by molar-refractivity contribution is -0.143. The van der Waals surface area contributed by atoms with Gasteiger partial charge in [0.15, 0.2) is 5.76 Å². The van der Waals surface area contributed by atoms with Gasteiger partial charge in [0, 0.05) is 36.7 Å². The molecule has 2 unspecified atom stereocenters. The molecule has 1 aliphatic heterocycles.